The first-order valence-corrected chi connectivity index (χ1v) is 7.76. The van der Waals surface area contributed by atoms with Crippen molar-refractivity contribution >= 4 is 0 Å². The molecule has 1 saturated heterocycles. The van der Waals surface area contributed by atoms with Crippen molar-refractivity contribution in [2.24, 2.45) is 0 Å². The highest BCUT2D eigenvalue weighted by molar-refractivity contribution is 5.43. The molecule has 1 aromatic carbocycles. The lowest BCUT2D eigenvalue weighted by Gasteiger charge is -2.37. The number of piperidine rings is 1. The first-order chi connectivity index (χ1) is 9.65. The van der Waals surface area contributed by atoms with E-state index in [1.165, 1.54) is 37.8 Å². The highest BCUT2D eigenvalue weighted by atomic mass is 16.5. The molecule has 1 aromatic rings. The van der Waals surface area contributed by atoms with Gasteiger partial charge >= 0.3 is 0 Å². The first-order valence-electron chi connectivity index (χ1n) is 7.76. The summed E-state index contributed by atoms with van der Waals surface area (Å²) < 4.78 is 5.23. The van der Waals surface area contributed by atoms with E-state index in [-0.39, 0.29) is 5.75 Å². The smallest absolute Gasteiger partial charge is 0.160 e. The van der Waals surface area contributed by atoms with Crippen molar-refractivity contribution in [2.45, 2.75) is 51.5 Å². The lowest BCUT2D eigenvalue weighted by molar-refractivity contribution is 0.150. The van der Waals surface area contributed by atoms with Crippen LogP contribution in [0.25, 0.3) is 0 Å². The second-order valence-corrected chi connectivity index (χ2v) is 5.90. The zero-order chi connectivity index (χ0) is 14.5. The van der Waals surface area contributed by atoms with Gasteiger partial charge < -0.3 is 14.7 Å². The number of likely N-dealkylation sites (tertiary alicyclic amines) is 1. The van der Waals surface area contributed by atoms with Crippen molar-refractivity contribution in [3.8, 4) is 11.5 Å². The molecule has 1 heterocycles. The van der Waals surface area contributed by atoms with E-state index in [1.54, 1.807) is 13.2 Å². The molecular weight excluding hydrogens is 250 g/mol. The Labute approximate surface area is 122 Å². The minimum Gasteiger partial charge on any atom is -0.504 e. The molecule has 0 aromatic heterocycles. The molecule has 0 bridgehead atoms. The first kappa shape index (κ1) is 15.2. The molecule has 1 fully saturated rings. The third-order valence-corrected chi connectivity index (χ3v) is 4.46. The van der Waals surface area contributed by atoms with Crippen LogP contribution in [-0.2, 0) is 0 Å². The van der Waals surface area contributed by atoms with Crippen LogP contribution in [0.15, 0.2) is 18.2 Å². The van der Waals surface area contributed by atoms with Gasteiger partial charge in [0.2, 0.25) is 0 Å². The largest absolute Gasteiger partial charge is 0.504 e. The topological polar surface area (TPSA) is 32.7 Å². The van der Waals surface area contributed by atoms with Crippen LogP contribution in [0.5, 0.6) is 11.5 Å². The second-order valence-electron chi connectivity index (χ2n) is 5.90. The van der Waals surface area contributed by atoms with Gasteiger partial charge in [0.15, 0.2) is 11.5 Å². The van der Waals surface area contributed by atoms with Crippen LogP contribution < -0.4 is 4.74 Å². The maximum atomic E-state index is 9.71. The monoisotopic (exact) mass is 277 g/mol. The summed E-state index contributed by atoms with van der Waals surface area (Å²) in [6.07, 6.45) is 4.99. The van der Waals surface area contributed by atoms with Crippen molar-refractivity contribution in [3.05, 3.63) is 23.8 Å². The molecule has 1 aliphatic rings. The molecule has 3 nitrogen and oxygen atoms in total. The Kier molecular flexibility index (Phi) is 5.30. The van der Waals surface area contributed by atoms with E-state index < -0.39 is 0 Å². The Morgan fingerprint density at radius 3 is 2.95 bits per heavy atom. The summed E-state index contributed by atoms with van der Waals surface area (Å²) in [6, 6.07) is 6.45. The van der Waals surface area contributed by atoms with Gasteiger partial charge in [-0.2, -0.15) is 0 Å². The van der Waals surface area contributed by atoms with Gasteiger partial charge in [0.05, 0.1) is 7.11 Å². The molecule has 3 heteroatoms. The fraction of sp³-hybridized carbons (Fsp3) is 0.647. The van der Waals surface area contributed by atoms with E-state index in [1.807, 2.05) is 12.1 Å². The van der Waals surface area contributed by atoms with Gasteiger partial charge in [-0.05, 0) is 56.3 Å². The van der Waals surface area contributed by atoms with Crippen molar-refractivity contribution in [1.29, 1.82) is 0 Å². The average molecular weight is 277 g/mol. The molecule has 1 aliphatic heterocycles. The summed E-state index contributed by atoms with van der Waals surface area (Å²) in [4.78, 5) is 2.61. The predicted octanol–water partition coefficient (Wildman–Crippen LogP) is 3.77. The van der Waals surface area contributed by atoms with E-state index in [9.17, 15) is 5.11 Å². The highest BCUT2D eigenvalue weighted by Gasteiger charge is 2.24. The van der Waals surface area contributed by atoms with E-state index >= 15 is 0 Å². The molecule has 2 atom stereocenters. The zero-order valence-corrected chi connectivity index (χ0v) is 12.9. The third-order valence-electron chi connectivity index (χ3n) is 4.46. The van der Waals surface area contributed by atoms with Gasteiger partial charge in [-0.25, -0.2) is 0 Å². The lowest BCUT2D eigenvalue weighted by Crippen LogP contribution is -2.40. The molecule has 112 valence electrons. The summed E-state index contributed by atoms with van der Waals surface area (Å²) in [6.45, 7) is 6.92. The Bertz CT molecular complexity index is 433. The van der Waals surface area contributed by atoms with Gasteiger partial charge in [-0.3, -0.25) is 0 Å². The van der Waals surface area contributed by atoms with Gasteiger partial charge in [0, 0.05) is 12.6 Å². The molecule has 0 aliphatic carbocycles. The van der Waals surface area contributed by atoms with Gasteiger partial charge in [0.25, 0.3) is 0 Å². The van der Waals surface area contributed by atoms with Gasteiger partial charge in [-0.1, -0.05) is 19.4 Å². The van der Waals surface area contributed by atoms with Crippen molar-refractivity contribution < 1.29 is 9.84 Å². The number of aromatic hydroxyl groups is 1. The van der Waals surface area contributed by atoms with Crippen molar-refractivity contribution in [3.63, 3.8) is 0 Å². The van der Waals surface area contributed by atoms with Crippen LogP contribution in [0.1, 0.15) is 51.0 Å². The van der Waals surface area contributed by atoms with Crippen LogP contribution in [0, 0.1) is 0 Å². The Hall–Kier alpha value is -1.22. The summed E-state index contributed by atoms with van der Waals surface area (Å²) >= 11 is 0. The molecule has 2 unspecified atom stereocenters. The summed E-state index contributed by atoms with van der Waals surface area (Å²) in [7, 11) is 1.61. The molecule has 0 amide bonds. The van der Waals surface area contributed by atoms with Crippen LogP contribution >= 0.6 is 0 Å². The standard InChI is InChI=1S/C17H27NO2/c1-4-6-13(2)18-10-5-7-15(12-18)14-8-9-16(19)17(11-14)20-3/h8-9,11,13,15,19H,4-7,10,12H2,1-3H3. The summed E-state index contributed by atoms with van der Waals surface area (Å²) in [5.41, 5.74) is 1.29. The number of nitrogens with zero attached hydrogens (tertiary/aromatic N) is 1. The molecular formula is C17H27NO2. The van der Waals surface area contributed by atoms with Crippen LogP contribution in [0.2, 0.25) is 0 Å². The van der Waals surface area contributed by atoms with Gasteiger partial charge in [0.1, 0.15) is 0 Å². The quantitative estimate of drug-likeness (QED) is 0.889. The SMILES string of the molecule is CCCC(C)N1CCCC(c2ccc(O)c(OC)c2)C1. The maximum absolute atomic E-state index is 9.71. The number of hydrogen-bond acceptors (Lipinski definition) is 3. The fourth-order valence-electron chi connectivity index (χ4n) is 3.23. The van der Waals surface area contributed by atoms with E-state index in [4.69, 9.17) is 4.74 Å². The number of methoxy groups -OCH3 is 1. The number of phenols is 1. The number of hydrogen-bond donors (Lipinski definition) is 1. The molecule has 0 spiro atoms. The number of ether oxygens (including phenoxy) is 1. The van der Waals surface area contributed by atoms with E-state index in [2.05, 4.69) is 18.7 Å². The lowest BCUT2D eigenvalue weighted by atomic mass is 9.89. The molecule has 0 radical (unpaired) electrons. The predicted molar refractivity (Wildman–Crippen MR) is 82.6 cm³/mol. The van der Waals surface area contributed by atoms with E-state index in [0.717, 1.165) is 6.54 Å². The van der Waals surface area contributed by atoms with E-state index in [0.29, 0.717) is 17.7 Å². The number of phenolic OH excluding ortho intramolecular Hbond substituents is 1. The number of rotatable bonds is 5. The Morgan fingerprint density at radius 1 is 1.45 bits per heavy atom. The normalized spacial score (nSPS) is 21.6. The average Bonchev–Trinajstić information content (AvgIpc) is 2.48. The minimum absolute atomic E-state index is 0.225. The zero-order valence-electron chi connectivity index (χ0n) is 12.9. The maximum Gasteiger partial charge on any atom is 0.160 e. The van der Waals surface area contributed by atoms with Crippen LogP contribution in [0.4, 0.5) is 0 Å². The number of benzene rings is 1. The molecule has 20 heavy (non-hydrogen) atoms. The Balaban J connectivity index is 2.08. The van der Waals surface area contributed by atoms with Crippen molar-refractivity contribution in [2.75, 3.05) is 20.2 Å². The van der Waals surface area contributed by atoms with Crippen LogP contribution in [-0.4, -0.2) is 36.2 Å². The van der Waals surface area contributed by atoms with Crippen molar-refractivity contribution in [1.82, 2.24) is 4.90 Å². The minimum atomic E-state index is 0.225. The molecule has 2 rings (SSSR count). The molecule has 1 N–H and O–H groups in total. The van der Waals surface area contributed by atoms with Crippen LogP contribution in [0.3, 0.4) is 0 Å². The summed E-state index contributed by atoms with van der Waals surface area (Å²) in [5, 5.41) is 9.71. The fourth-order valence-corrected chi connectivity index (χ4v) is 3.23. The summed E-state index contributed by atoms with van der Waals surface area (Å²) in [5.74, 6) is 1.36. The van der Waals surface area contributed by atoms with Gasteiger partial charge in [-0.15, -0.1) is 0 Å². The molecule has 0 saturated carbocycles. The second kappa shape index (κ2) is 6.98. The Morgan fingerprint density at radius 2 is 2.25 bits per heavy atom. The highest BCUT2D eigenvalue weighted by Crippen LogP contribution is 2.34. The third kappa shape index (κ3) is 3.45.